The predicted molar refractivity (Wildman–Crippen MR) is 118 cm³/mol. The van der Waals surface area contributed by atoms with Crippen molar-refractivity contribution in [3.8, 4) is 5.75 Å². The van der Waals surface area contributed by atoms with Crippen molar-refractivity contribution >= 4 is 23.2 Å². The molecule has 0 spiro atoms. The molecule has 10 nitrogen and oxygen atoms in total. The third-order valence-electron chi connectivity index (χ3n) is 7.06. The van der Waals surface area contributed by atoms with E-state index in [0.717, 1.165) is 5.69 Å². The molecule has 1 unspecified atom stereocenters. The summed E-state index contributed by atoms with van der Waals surface area (Å²) in [6.07, 6.45) is 0.324. The second-order valence-corrected chi connectivity index (χ2v) is 9.31. The Balaban J connectivity index is 1.98. The number of benzene rings is 1. The van der Waals surface area contributed by atoms with Gasteiger partial charge >= 0.3 is 0 Å². The molecule has 0 aliphatic heterocycles. The fourth-order valence-electron chi connectivity index (χ4n) is 5.65. The molecule has 0 aromatic heterocycles. The van der Waals surface area contributed by atoms with Crippen LogP contribution in [-0.4, -0.2) is 82.6 Å². The number of Topliss-reactive ketones (excluding diaryl/α,β-unsaturated/α-hetero) is 2. The SMILES string of the molecule is CN(C)c1ccc(O)c2c1C[C@H]1C[C@H]3[C@H](N(C)C)C(O)=C(C(N)=O)C(=O)C3(O)C(O)=C1C2=O. The van der Waals surface area contributed by atoms with Crippen LogP contribution in [-0.2, 0) is 16.0 Å². The van der Waals surface area contributed by atoms with Crippen molar-refractivity contribution < 1.29 is 34.8 Å². The van der Waals surface area contributed by atoms with Crippen LogP contribution in [0.2, 0.25) is 0 Å². The van der Waals surface area contributed by atoms with E-state index in [1.807, 2.05) is 0 Å². The van der Waals surface area contributed by atoms with Gasteiger partial charge in [0.15, 0.2) is 11.4 Å². The summed E-state index contributed by atoms with van der Waals surface area (Å²) in [7, 11) is 6.79. The fourth-order valence-corrected chi connectivity index (χ4v) is 5.65. The van der Waals surface area contributed by atoms with Crippen LogP contribution >= 0.6 is 0 Å². The van der Waals surface area contributed by atoms with Gasteiger partial charge < -0.3 is 31.1 Å². The number of hydrogen-bond acceptors (Lipinski definition) is 9. The quantitative estimate of drug-likeness (QED) is 0.398. The number of fused-ring (bicyclic) bond motifs is 3. The van der Waals surface area contributed by atoms with E-state index >= 15 is 0 Å². The number of ketones is 2. The van der Waals surface area contributed by atoms with Gasteiger partial charge in [-0.05, 0) is 50.6 Å². The Morgan fingerprint density at radius 1 is 1.12 bits per heavy atom. The lowest BCUT2D eigenvalue weighted by molar-refractivity contribution is -0.148. The average Bonchev–Trinajstić information content (AvgIpc) is 2.70. The Kier molecular flexibility index (Phi) is 5.06. The molecule has 4 rings (SSSR count). The number of primary amides is 1. The minimum absolute atomic E-state index is 0.00184. The Labute approximate surface area is 190 Å². The molecule has 0 fully saturated rings. The highest BCUT2D eigenvalue weighted by Crippen LogP contribution is 2.52. The predicted octanol–water partition coefficient (Wildman–Crippen LogP) is 0.187. The summed E-state index contributed by atoms with van der Waals surface area (Å²) in [5, 5.41) is 43.9. The van der Waals surface area contributed by atoms with Crippen molar-refractivity contribution in [3.05, 3.63) is 45.9 Å². The van der Waals surface area contributed by atoms with E-state index < -0.39 is 58.0 Å². The minimum Gasteiger partial charge on any atom is -0.510 e. The third-order valence-corrected chi connectivity index (χ3v) is 7.06. The highest BCUT2D eigenvalue weighted by Gasteiger charge is 2.63. The number of allylic oxidation sites excluding steroid dienone is 1. The number of carbonyl (C=O) groups excluding carboxylic acids is 3. The smallest absolute Gasteiger partial charge is 0.255 e. The summed E-state index contributed by atoms with van der Waals surface area (Å²) in [6, 6.07) is 2.06. The number of hydrogen-bond donors (Lipinski definition) is 5. The van der Waals surface area contributed by atoms with Gasteiger partial charge in [0.2, 0.25) is 5.78 Å². The number of rotatable bonds is 3. The van der Waals surface area contributed by atoms with Crippen LogP contribution in [0, 0.1) is 11.8 Å². The molecule has 0 radical (unpaired) electrons. The molecule has 3 aliphatic carbocycles. The normalized spacial score (nSPS) is 29.1. The van der Waals surface area contributed by atoms with Gasteiger partial charge in [-0.3, -0.25) is 19.3 Å². The molecular weight excluding hydrogens is 430 g/mol. The molecule has 3 aliphatic rings. The van der Waals surface area contributed by atoms with Crippen LogP contribution in [0.5, 0.6) is 5.75 Å². The Morgan fingerprint density at radius 2 is 1.76 bits per heavy atom. The van der Waals surface area contributed by atoms with Gasteiger partial charge in [0, 0.05) is 31.3 Å². The van der Waals surface area contributed by atoms with E-state index in [1.54, 1.807) is 39.2 Å². The van der Waals surface area contributed by atoms with Crippen molar-refractivity contribution in [1.29, 1.82) is 0 Å². The molecule has 0 saturated carbocycles. The molecule has 10 heteroatoms. The molecule has 176 valence electrons. The summed E-state index contributed by atoms with van der Waals surface area (Å²) in [5.74, 6) is -6.53. The first-order valence-electron chi connectivity index (χ1n) is 10.5. The Bertz CT molecular complexity index is 1170. The lowest BCUT2D eigenvalue weighted by atomic mass is 9.58. The summed E-state index contributed by atoms with van der Waals surface area (Å²) < 4.78 is 0. The number of phenolic OH excluding ortho intramolecular Hbond substituents is 1. The maximum Gasteiger partial charge on any atom is 0.255 e. The van der Waals surface area contributed by atoms with Crippen molar-refractivity contribution in [3.63, 3.8) is 0 Å². The standard InChI is InChI=1S/C23H27N3O7/c1-25(2)12-5-6-13(27)15-10(12)7-9-8-11-17(26(3)4)19(29)16(22(24)32)21(31)23(11,33)20(30)14(9)18(15)28/h5-6,9,11,17,27,29-30,33H,7-8H2,1-4H3,(H2,24,32)/t9-,11-,17-,23?/m0/s1. The molecule has 1 aromatic rings. The first-order valence-corrected chi connectivity index (χ1v) is 10.5. The number of amides is 1. The van der Waals surface area contributed by atoms with Gasteiger partial charge in [-0.1, -0.05) is 0 Å². The van der Waals surface area contributed by atoms with E-state index in [1.165, 1.54) is 11.0 Å². The lowest BCUT2D eigenvalue weighted by Gasteiger charge is -2.50. The minimum atomic E-state index is -2.63. The molecule has 4 atom stereocenters. The maximum absolute atomic E-state index is 13.5. The zero-order chi connectivity index (χ0) is 24.6. The summed E-state index contributed by atoms with van der Waals surface area (Å²) in [6.45, 7) is 0. The molecule has 0 heterocycles. The molecule has 0 saturated heterocycles. The monoisotopic (exact) mass is 457 g/mol. The topological polar surface area (TPSA) is 165 Å². The van der Waals surface area contributed by atoms with Crippen molar-refractivity contribution in [2.24, 2.45) is 17.6 Å². The van der Waals surface area contributed by atoms with Crippen LogP contribution < -0.4 is 10.6 Å². The van der Waals surface area contributed by atoms with Gasteiger partial charge in [-0.15, -0.1) is 0 Å². The van der Waals surface area contributed by atoms with Crippen molar-refractivity contribution in [2.45, 2.75) is 24.5 Å². The number of nitrogens with zero attached hydrogens (tertiary/aromatic N) is 2. The van der Waals surface area contributed by atoms with E-state index in [0.29, 0.717) is 5.56 Å². The summed E-state index contributed by atoms with van der Waals surface area (Å²) in [4.78, 5) is 42.0. The number of phenols is 1. The third kappa shape index (κ3) is 2.90. The lowest BCUT2D eigenvalue weighted by Crippen LogP contribution is -2.63. The highest BCUT2D eigenvalue weighted by atomic mass is 16.3. The number of aromatic hydroxyl groups is 1. The van der Waals surface area contributed by atoms with Gasteiger partial charge in [0.25, 0.3) is 5.91 Å². The molecule has 33 heavy (non-hydrogen) atoms. The van der Waals surface area contributed by atoms with E-state index in [-0.39, 0.29) is 29.7 Å². The van der Waals surface area contributed by atoms with Crippen LogP contribution in [0.3, 0.4) is 0 Å². The van der Waals surface area contributed by atoms with E-state index in [2.05, 4.69) is 0 Å². The summed E-state index contributed by atoms with van der Waals surface area (Å²) >= 11 is 0. The average molecular weight is 457 g/mol. The zero-order valence-corrected chi connectivity index (χ0v) is 18.8. The largest absolute Gasteiger partial charge is 0.510 e. The van der Waals surface area contributed by atoms with Crippen molar-refractivity contribution in [2.75, 3.05) is 33.1 Å². The van der Waals surface area contributed by atoms with Crippen LogP contribution in [0.15, 0.2) is 34.8 Å². The highest BCUT2D eigenvalue weighted by molar-refractivity contribution is 6.24. The molecule has 1 amide bonds. The van der Waals surface area contributed by atoms with Gasteiger partial charge in [-0.2, -0.15) is 0 Å². The number of anilines is 1. The van der Waals surface area contributed by atoms with Crippen molar-refractivity contribution in [1.82, 2.24) is 4.90 Å². The number of aliphatic hydroxyl groups excluding tert-OH is 2. The Hall–Kier alpha value is -3.37. The summed E-state index contributed by atoms with van der Waals surface area (Å²) in [5.41, 5.74) is 3.02. The molecule has 0 bridgehead atoms. The van der Waals surface area contributed by atoms with Crippen LogP contribution in [0.4, 0.5) is 5.69 Å². The van der Waals surface area contributed by atoms with E-state index in [9.17, 15) is 34.8 Å². The Morgan fingerprint density at radius 3 is 2.30 bits per heavy atom. The number of aliphatic hydroxyl groups is 3. The number of nitrogens with two attached hydrogens (primary N) is 1. The van der Waals surface area contributed by atoms with E-state index in [4.69, 9.17) is 5.73 Å². The molecule has 1 aromatic carbocycles. The van der Waals surface area contributed by atoms with Crippen LogP contribution in [0.25, 0.3) is 0 Å². The van der Waals surface area contributed by atoms with Gasteiger partial charge in [0.05, 0.1) is 11.6 Å². The zero-order valence-electron chi connectivity index (χ0n) is 18.8. The number of carbonyl (C=O) groups is 3. The maximum atomic E-state index is 13.5. The second-order valence-electron chi connectivity index (χ2n) is 9.31. The van der Waals surface area contributed by atoms with Gasteiger partial charge in [-0.25, -0.2) is 0 Å². The first kappa shape index (κ1) is 22.8. The van der Waals surface area contributed by atoms with Gasteiger partial charge in [0.1, 0.15) is 22.8 Å². The molecule has 6 N–H and O–H groups in total. The van der Waals surface area contributed by atoms with Crippen LogP contribution in [0.1, 0.15) is 22.3 Å². The number of likely N-dealkylation sites (N-methyl/N-ethyl adjacent to an activating group) is 1. The molecular formula is C23H27N3O7. The fraction of sp³-hybridized carbons (Fsp3) is 0.435. The second kappa shape index (κ2) is 7.32. The first-order chi connectivity index (χ1) is 15.3.